The average Bonchev–Trinajstić information content (AvgIpc) is 2.97. The zero-order valence-electron chi connectivity index (χ0n) is 20.5. The molecule has 0 heterocycles. The van der Waals surface area contributed by atoms with Gasteiger partial charge in [0.05, 0.1) is 17.3 Å². The van der Waals surface area contributed by atoms with Crippen LogP contribution in [0, 0.1) is 34.5 Å². The third-order valence-corrected chi connectivity index (χ3v) is 10.2. The van der Waals surface area contributed by atoms with Gasteiger partial charge in [-0.2, -0.15) is 0 Å². The summed E-state index contributed by atoms with van der Waals surface area (Å²) in [5, 5.41) is 34.5. The topological polar surface area (TPSA) is 94.8 Å². The lowest BCUT2D eigenvalue weighted by atomic mass is 9.44. The Morgan fingerprint density at radius 2 is 1.66 bits per heavy atom. The number of ketones is 2. The van der Waals surface area contributed by atoms with Crippen LogP contribution in [0.5, 0.6) is 0 Å². The number of hydrogen-bond acceptors (Lipinski definition) is 5. The first kappa shape index (κ1) is 24.1. The molecular formula is C27H42O5. The van der Waals surface area contributed by atoms with E-state index in [2.05, 4.69) is 27.7 Å². The van der Waals surface area contributed by atoms with Crippen LogP contribution in [0.4, 0.5) is 0 Å². The van der Waals surface area contributed by atoms with Gasteiger partial charge in [-0.15, -0.1) is 0 Å². The summed E-state index contributed by atoms with van der Waals surface area (Å²) < 4.78 is 0. The maximum Gasteiger partial charge on any atom is 0.159 e. The second kappa shape index (κ2) is 7.74. The van der Waals surface area contributed by atoms with Crippen LogP contribution in [0.25, 0.3) is 0 Å². The summed E-state index contributed by atoms with van der Waals surface area (Å²) in [6.07, 6.45) is 6.17. The van der Waals surface area contributed by atoms with Crippen molar-refractivity contribution in [3.63, 3.8) is 0 Å². The third kappa shape index (κ3) is 3.21. The minimum absolute atomic E-state index is 0.0628. The van der Waals surface area contributed by atoms with Crippen molar-refractivity contribution in [2.45, 2.75) is 110 Å². The molecule has 0 aliphatic heterocycles. The molecule has 8 unspecified atom stereocenters. The van der Waals surface area contributed by atoms with Crippen molar-refractivity contribution in [2.75, 3.05) is 0 Å². The lowest BCUT2D eigenvalue weighted by Gasteiger charge is -2.63. The molecule has 0 aromatic carbocycles. The highest BCUT2D eigenvalue weighted by molar-refractivity contribution is 5.95. The number of carbonyl (C=O) groups excluding carboxylic acids is 2. The first-order chi connectivity index (χ1) is 14.8. The lowest BCUT2D eigenvalue weighted by molar-refractivity contribution is -0.191. The molecule has 0 aromatic heterocycles. The Balaban J connectivity index is 1.67. The van der Waals surface area contributed by atoms with Crippen LogP contribution >= 0.6 is 0 Å². The molecule has 3 N–H and O–H groups in total. The Hall–Kier alpha value is -1.04. The summed E-state index contributed by atoms with van der Waals surface area (Å²) in [4.78, 5) is 25.8. The molecule has 4 aliphatic rings. The van der Waals surface area contributed by atoms with Gasteiger partial charge in [0.2, 0.25) is 0 Å². The van der Waals surface area contributed by atoms with Crippen LogP contribution in [0.1, 0.15) is 92.4 Å². The second-order valence-electron chi connectivity index (χ2n) is 12.5. The number of hydrogen-bond donors (Lipinski definition) is 3. The first-order valence-corrected chi connectivity index (χ1v) is 12.7. The van der Waals surface area contributed by atoms with Gasteiger partial charge in [-0.1, -0.05) is 34.6 Å². The molecule has 4 aliphatic carbocycles. The fourth-order valence-electron chi connectivity index (χ4n) is 8.27. The largest absolute Gasteiger partial charge is 0.393 e. The van der Waals surface area contributed by atoms with Crippen molar-refractivity contribution in [1.29, 1.82) is 0 Å². The van der Waals surface area contributed by atoms with Gasteiger partial charge >= 0.3 is 0 Å². The van der Waals surface area contributed by atoms with Crippen molar-refractivity contribution in [3.05, 3.63) is 11.6 Å². The molecule has 3 saturated carbocycles. The molecule has 0 aromatic rings. The average molecular weight is 447 g/mol. The Kier molecular flexibility index (Phi) is 5.83. The van der Waals surface area contributed by atoms with Gasteiger partial charge < -0.3 is 15.3 Å². The molecule has 0 amide bonds. The molecule has 32 heavy (non-hydrogen) atoms. The van der Waals surface area contributed by atoms with Crippen LogP contribution in [0.2, 0.25) is 0 Å². The maximum absolute atomic E-state index is 13.2. The Morgan fingerprint density at radius 1 is 1.00 bits per heavy atom. The minimum Gasteiger partial charge on any atom is -0.393 e. The summed E-state index contributed by atoms with van der Waals surface area (Å²) in [7, 11) is 0. The van der Waals surface area contributed by atoms with E-state index in [9.17, 15) is 24.9 Å². The Morgan fingerprint density at radius 3 is 2.31 bits per heavy atom. The van der Waals surface area contributed by atoms with Crippen molar-refractivity contribution in [2.24, 2.45) is 34.5 Å². The number of carbonyl (C=O) groups is 2. The molecule has 3 fully saturated rings. The highest BCUT2D eigenvalue weighted by Crippen LogP contribution is 2.69. The summed E-state index contributed by atoms with van der Waals surface area (Å²) in [6, 6.07) is 0. The van der Waals surface area contributed by atoms with Gasteiger partial charge in [-0.25, -0.2) is 0 Å². The molecular weight excluding hydrogens is 404 g/mol. The van der Waals surface area contributed by atoms with Gasteiger partial charge in [0, 0.05) is 29.6 Å². The second-order valence-corrected chi connectivity index (χ2v) is 12.5. The van der Waals surface area contributed by atoms with E-state index in [-0.39, 0.29) is 23.4 Å². The normalized spacial score (nSPS) is 46.8. The maximum atomic E-state index is 13.2. The highest BCUT2D eigenvalue weighted by Gasteiger charge is 2.71. The van der Waals surface area contributed by atoms with E-state index in [0.29, 0.717) is 62.9 Å². The summed E-state index contributed by atoms with van der Waals surface area (Å²) >= 11 is 0. The van der Waals surface area contributed by atoms with Crippen molar-refractivity contribution < 1.29 is 24.9 Å². The zero-order valence-corrected chi connectivity index (χ0v) is 20.5. The molecule has 8 atom stereocenters. The highest BCUT2D eigenvalue weighted by atomic mass is 16.3. The number of Topliss-reactive ketones (excluding diaryl/α,β-unsaturated/α-hetero) is 1. The van der Waals surface area contributed by atoms with E-state index in [4.69, 9.17) is 0 Å². The SMILES string of the molecule is CC(C)CC(=O)CC(C)C1CCC2(O)C3=CC(=O)C4CC(O)CCC4(C)C3(O)CCC12C. The van der Waals surface area contributed by atoms with E-state index in [1.807, 2.05) is 6.92 Å². The van der Waals surface area contributed by atoms with Gasteiger partial charge in [-0.05, 0) is 74.3 Å². The van der Waals surface area contributed by atoms with E-state index in [1.165, 1.54) is 0 Å². The monoisotopic (exact) mass is 446 g/mol. The molecule has 4 rings (SSSR count). The van der Waals surface area contributed by atoms with Crippen LogP contribution in [0.15, 0.2) is 11.6 Å². The number of aliphatic hydroxyl groups excluding tert-OH is 1. The van der Waals surface area contributed by atoms with Crippen LogP contribution in [-0.4, -0.2) is 44.2 Å². The fourth-order valence-corrected chi connectivity index (χ4v) is 8.27. The molecule has 0 bridgehead atoms. The predicted molar refractivity (Wildman–Crippen MR) is 123 cm³/mol. The molecule has 0 radical (unpaired) electrons. The van der Waals surface area contributed by atoms with E-state index < -0.39 is 34.1 Å². The van der Waals surface area contributed by atoms with Crippen molar-refractivity contribution in [1.82, 2.24) is 0 Å². The number of fused-ring (bicyclic) bond motifs is 5. The van der Waals surface area contributed by atoms with Crippen molar-refractivity contribution >= 4 is 11.6 Å². The predicted octanol–water partition coefficient (Wildman–Crippen LogP) is 3.98. The Labute approximate surface area is 192 Å². The van der Waals surface area contributed by atoms with Crippen LogP contribution in [0.3, 0.4) is 0 Å². The lowest BCUT2D eigenvalue weighted by Crippen LogP contribution is -2.68. The molecule has 0 spiro atoms. The molecule has 5 heteroatoms. The van der Waals surface area contributed by atoms with E-state index in [0.717, 1.165) is 6.42 Å². The zero-order chi connectivity index (χ0) is 23.7. The molecule has 0 saturated heterocycles. The summed E-state index contributed by atoms with van der Waals surface area (Å²) in [6.45, 7) is 10.3. The van der Waals surface area contributed by atoms with Crippen molar-refractivity contribution in [3.8, 4) is 0 Å². The molecule has 180 valence electrons. The molecule has 5 nitrogen and oxygen atoms in total. The fraction of sp³-hybridized carbons (Fsp3) is 0.852. The standard InChI is InChI=1S/C27H42O5/c1-16(2)12-19(29)13-17(3)20-7-9-26(31)23-15-22(30)21-14-18(28)6-8-24(21,4)27(23,32)11-10-25(20,26)5/h15-18,20-21,28,31-32H,6-14H2,1-5H3. The minimum atomic E-state index is -1.24. The van der Waals surface area contributed by atoms with Gasteiger partial charge in [0.25, 0.3) is 0 Å². The van der Waals surface area contributed by atoms with E-state index in [1.54, 1.807) is 6.08 Å². The van der Waals surface area contributed by atoms with E-state index >= 15 is 0 Å². The third-order valence-electron chi connectivity index (χ3n) is 10.2. The number of rotatable bonds is 5. The number of allylic oxidation sites excluding steroid dienone is 1. The van der Waals surface area contributed by atoms with Crippen LogP contribution < -0.4 is 0 Å². The Bertz CT molecular complexity index is 832. The summed E-state index contributed by atoms with van der Waals surface area (Å²) in [5.74, 6) is 0.478. The first-order valence-electron chi connectivity index (χ1n) is 12.7. The quantitative estimate of drug-likeness (QED) is 0.594. The van der Waals surface area contributed by atoms with Gasteiger partial charge in [-0.3, -0.25) is 9.59 Å². The number of aliphatic hydroxyl groups is 3. The van der Waals surface area contributed by atoms with Crippen LogP contribution in [-0.2, 0) is 9.59 Å². The smallest absolute Gasteiger partial charge is 0.159 e. The van der Waals surface area contributed by atoms with Gasteiger partial charge in [0.1, 0.15) is 5.78 Å². The van der Waals surface area contributed by atoms with Gasteiger partial charge in [0.15, 0.2) is 5.78 Å². The summed E-state index contributed by atoms with van der Waals surface area (Å²) in [5.41, 5.74) is -3.09.